The zero-order chi connectivity index (χ0) is 16.2. The Labute approximate surface area is 138 Å². The van der Waals surface area contributed by atoms with Crippen molar-refractivity contribution in [2.45, 2.75) is 38.8 Å². The Bertz CT molecular complexity index is 647. The largest absolute Gasteiger partial charge is 0.325 e. The third-order valence-electron chi connectivity index (χ3n) is 4.39. The summed E-state index contributed by atoms with van der Waals surface area (Å²) in [4.78, 5) is 12.4. The highest BCUT2D eigenvalue weighted by Gasteiger charge is 2.33. The molecule has 0 aromatic heterocycles. The maximum atomic E-state index is 12.4. The van der Waals surface area contributed by atoms with E-state index >= 15 is 0 Å². The molecule has 0 spiro atoms. The summed E-state index contributed by atoms with van der Waals surface area (Å²) in [7, 11) is 0. The van der Waals surface area contributed by atoms with Gasteiger partial charge in [0.1, 0.15) is 0 Å². The lowest BCUT2D eigenvalue weighted by molar-refractivity contribution is -0.118. The number of amides is 1. The second-order valence-corrected chi connectivity index (χ2v) is 6.47. The summed E-state index contributed by atoms with van der Waals surface area (Å²) >= 11 is 0. The summed E-state index contributed by atoms with van der Waals surface area (Å²) in [6.07, 6.45) is 2.47. The molecule has 0 aliphatic heterocycles. The number of nitrogens with one attached hydrogen (secondary N) is 2. The van der Waals surface area contributed by atoms with E-state index in [1.165, 1.54) is 24.0 Å². The minimum atomic E-state index is -0.234. The van der Waals surface area contributed by atoms with Crippen molar-refractivity contribution in [2.75, 3.05) is 5.32 Å². The van der Waals surface area contributed by atoms with Crippen molar-refractivity contribution in [1.82, 2.24) is 5.32 Å². The first-order valence-corrected chi connectivity index (χ1v) is 8.32. The zero-order valence-corrected chi connectivity index (χ0v) is 13.8. The Morgan fingerprint density at radius 2 is 1.70 bits per heavy atom. The summed E-state index contributed by atoms with van der Waals surface area (Å²) in [6, 6.07) is 18.3. The van der Waals surface area contributed by atoms with E-state index in [-0.39, 0.29) is 18.0 Å². The first-order valence-electron chi connectivity index (χ1n) is 8.32. The molecule has 2 N–H and O–H groups in total. The molecule has 1 aliphatic carbocycles. The number of aryl methyl sites for hydroxylation is 1. The van der Waals surface area contributed by atoms with Crippen LogP contribution in [-0.2, 0) is 4.79 Å². The number of anilines is 1. The number of benzene rings is 2. The van der Waals surface area contributed by atoms with Gasteiger partial charge in [-0.1, -0.05) is 48.0 Å². The molecular formula is C20H24N2O. The van der Waals surface area contributed by atoms with E-state index < -0.39 is 0 Å². The lowest BCUT2D eigenvalue weighted by Crippen LogP contribution is -2.40. The van der Waals surface area contributed by atoms with Crippen molar-refractivity contribution >= 4 is 11.6 Å². The van der Waals surface area contributed by atoms with Crippen LogP contribution in [-0.4, -0.2) is 11.9 Å². The quantitative estimate of drug-likeness (QED) is 0.845. The molecule has 1 amide bonds. The minimum absolute atomic E-state index is 0.00966. The maximum absolute atomic E-state index is 12.4. The predicted molar refractivity (Wildman–Crippen MR) is 94.3 cm³/mol. The Hall–Kier alpha value is -2.13. The van der Waals surface area contributed by atoms with Crippen LogP contribution in [0.5, 0.6) is 0 Å². The van der Waals surface area contributed by atoms with E-state index in [9.17, 15) is 4.79 Å². The summed E-state index contributed by atoms with van der Waals surface area (Å²) in [6.45, 7) is 3.97. The lowest BCUT2D eigenvalue weighted by Gasteiger charge is -2.23. The Morgan fingerprint density at radius 3 is 2.30 bits per heavy atom. The fraction of sp³-hybridized carbons (Fsp3) is 0.350. The topological polar surface area (TPSA) is 41.1 Å². The van der Waals surface area contributed by atoms with Gasteiger partial charge < -0.3 is 5.32 Å². The minimum Gasteiger partial charge on any atom is -0.325 e. The molecule has 0 saturated heterocycles. The van der Waals surface area contributed by atoms with Crippen molar-refractivity contribution in [3.05, 3.63) is 65.7 Å². The normalized spacial score (nSPS) is 16.6. The standard InChI is InChI=1S/C20H24N2O/c1-14-8-12-18(13-9-14)22-20(23)15(2)21-19(17-10-11-17)16-6-4-3-5-7-16/h3-9,12-13,15,17,19,21H,10-11H2,1-2H3,(H,22,23)/t15-,19+/m0/s1. The smallest absolute Gasteiger partial charge is 0.241 e. The molecule has 1 aliphatic rings. The predicted octanol–water partition coefficient (Wildman–Crippen LogP) is 4.06. The Balaban J connectivity index is 1.63. The van der Waals surface area contributed by atoms with E-state index in [2.05, 4.69) is 34.9 Å². The molecule has 0 radical (unpaired) electrons. The zero-order valence-electron chi connectivity index (χ0n) is 13.8. The van der Waals surface area contributed by atoms with E-state index in [4.69, 9.17) is 0 Å². The molecule has 0 heterocycles. The highest BCUT2D eigenvalue weighted by atomic mass is 16.2. The molecule has 0 bridgehead atoms. The number of hydrogen-bond donors (Lipinski definition) is 2. The first kappa shape index (κ1) is 15.8. The summed E-state index contributed by atoms with van der Waals surface area (Å²) in [5.74, 6) is 0.655. The van der Waals surface area contributed by atoms with E-state index in [1.54, 1.807) is 0 Å². The van der Waals surface area contributed by atoms with Gasteiger partial charge in [-0.3, -0.25) is 10.1 Å². The Kier molecular flexibility index (Phi) is 4.77. The van der Waals surface area contributed by atoms with Gasteiger partial charge in [0.25, 0.3) is 0 Å². The lowest BCUT2D eigenvalue weighted by atomic mass is 10.0. The Morgan fingerprint density at radius 1 is 1.04 bits per heavy atom. The summed E-state index contributed by atoms with van der Waals surface area (Å²) < 4.78 is 0. The van der Waals surface area contributed by atoms with Gasteiger partial charge >= 0.3 is 0 Å². The molecule has 3 nitrogen and oxygen atoms in total. The van der Waals surface area contributed by atoms with Crippen molar-refractivity contribution in [2.24, 2.45) is 5.92 Å². The van der Waals surface area contributed by atoms with Crippen molar-refractivity contribution in [1.29, 1.82) is 0 Å². The van der Waals surface area contributed by atoms with Gasteiger partial charge in [0.2, 0.25) is 5.91 Å². The van der Waals surface area contributed by atoms with Crippen LogP contribution >= 0.6 is 0 Å². The maximum Gasteiger partial charge on any atom is 0.241 e. The van der Waals surface area contributed by atoms with Crippen LogP contribution in [0.3, 0.4) is 0 Å². The number of hydrogen-bond acceptors (Lipinski definition) is 2. The van der Waals surface area contributed by atoms with Crippen LogP contribution in [0.15, 0.2) is 54.6 Å². The van der Waals surface area contributed by atoms with E-state index in [1.807, 2.05) is 44.2 Å². The van der Waals surface area contributed by atoms with Gasteiger partial charge in [-0.25, -0.2) is 0 Å². The highest BCUT2D eigenvalue weighted by Crippen LogP contribution is 2.41. The van der Waals surface area contributed by atoms with Gasteiger partial charge in [-0.2, -0.15) is 0 Å². The van der Waals surface area contributed by atoms with Gasteiger partial charge in [0, 0.05) is 11.7 Å². The fourth-order valence-electron chi connectivity index (χ4n) is 2.83. The molecule has 3 rings (SSSR count). The summed E-state index contributed by atoms with van der Waals surface area (Å²) in [5.41, 5.74) is 3.30. The average molecular weight is 308 g/mol. The van der Waals surface area contributed by atoms with Crippen molar-refractivity contribution in [3.63, 3.8) is 0 Å². The number of carbonyl (C=O) groups excluding carboxylic acids is 1. The third kappa shape index (κ3) is 4.20. The molecule has 0 unspecified atom stereocenters. The molecule has 120 valence electrons. The van der Waals surface area contributed by atoms with Crippen molar-refractivity contribution in [3.8, 4) is 0 Å². The van der Waals surface area contributed by atoms with Gasteiger partial charge in [0.15, 0.2) is 0 Å². The van der Waals surface area contributed by atoms with Crippen LogP contribution in [0.4, 0.5) is 5.69 Å². The highest BCUT2D eigenvalue weighted by molar-refractivity contribution is 5.94. The first-order chi connectivity index (χ1) is 11.1. The molecule has 1 fully saturated rings. The second-order valence-electron chi connectivity index (χ2n) is 6.47. The van der Waals surface area contributed by atoms with Gasteiger partial charge in [-0.15, -0.1) is 0 Å². The second kappa shape index (κ2) is 6.97. The van der Waals surface area contributed by atoms with Crippen LogP contribution in [0.25, 0.3) is 0 Å². The van der Waals surface area contributed by atoms with Crippen LogP contribution in [0, 0.1) is 12.8 Å². The van der Waals surface area contributed by atoms with Crippen LogP contribution in [0.2, 0.25) is 0 Å². The molecule has 1 saturated carbocycles. The van der Waals surface area contributed by atoms with Crippen molar-refractivity contribution < 1.29 is 4.79 Å². The molecular weight excluding hydrogens is 284 g/mol. The fourth-order valence-corrected chi connectivity index (χ4v) is 2.83. The third-order valence-corrected chi connectivity index (χ3v) is 4.39. The average Bonchev–Trinajstić information content (AvgIpc) is 3.40. The SMILES string of the molecule is Cc1ccc(NC(=O)[C@H](C)N[C@H](c2ccccc2)C2CC2)cc1. The number of rotatable bonds is 6. The molecule has 2 aromatic rings. The molecule has 2 aromatic carbocycles. The molecule has 3 heteroatoms. The van der Waals surface area contributed by atoms with Gasteiger partial charge in [0.05, 0.1) is 6.04 Å². The molecule has 23 heavy (non-hydrogen) atoms. The van der Waals surface area contributed by atoms with E-state index in [0.717, 1.165) is 5.69 Å². The monoisotopic (exact) mass is 308 g/mol. The van der Waals surface area contributed by atoms with Crippen LogP contribution in [0.1, 0.15) is 36.9 Å². The molecule has 2 atom stereocenters. The van der Waals surface area contributed by atoms with E-state index in [0.29, 0.717) is 5.92 Å². The summed E-state index contributed by atoms with van der Waals surface area (Å²) in [5, 5.41) is 6.50. The number of carbonyl (C=O) groups is 1. The van der Waals surface area contributed by atoms with Gasteiger partial charge in [-0.05, 0) is 50.3 Å². The van der Waals surface area contributed by atoms with Crippen LogP contribution < -0.4 is 10.6 Å².